The highest BCUT2D eigenvalue weighted by molar-refractivity contribution is 6.46. The molecule has 0 radical (unpaired) electrons. The van der Waals surface area contributed by atoms with Crippen molar-refractivity contribution in [3.63, 3.8) is 0 Å². The molecule has 1 fully saturated rings. The van der Waals surface area contributed by atoms with E-state index in [1.807, 2.05) is 0 Å². The lowest BCUT2D eigenvalue weighted by molar-refractivity contribution is -0.384. The van der Waals surface area contributed by atoms with Gasteiger partial charge in [-0.2, -0.15) is 0 Å². The molecule has 26 heavy (non-hydrogen) atoms. The fraction of sp³-hybridized carbons (Fsp3) is 0.111. The standard InChI is InChI=1S/C18H14N2O6/c1-26-13-7-5-10(6-8-13)16(21)14-15(19-18(23)17(14)22)11-3-2-4-12(9-11)20(24)25/h2-9,15,21H,1H3,(H,19,23). The molecular weight excluding hydrogens is 340 g/mol. The fourth-order valence-corrected chi connectivity index (χ4v) is 2.74. The van der Waals surface area contributed by atoms with Gasteiger partial charge in [-0.15, -0.1) is 0 Å². The first-order valence-electron chi connectivity index (χ1n) is 7.59. The maximum atomic E-state index is 12.3. The number of rotatable bonds is 4. The van der Waals surface area contributed by atoms with Gasteiger partial charge in [-0.1, -0.05) is 12.1 Å². The molecule has 1 saturated heterocycles. The van der Waals surface area contributed by atoms with Crippen molar-refractivity contribution < 1.29 is 24.4 Å². The first-order chi connectivity index (χ1) is 12.4. The number of ether oxygens (including phenoxy) is 1. The number of carbonyl (C=O) groups is 2. The number of benzene rings is 2. The molecule has 8 nitrogen and oxygen atoms in total. The van der Waals surface area contributed by atoms with Gasteiger partial charge in [0.05, 0.1) is 23.6 Å². The fourth-order valence-electron chi connectivity index (χ4n) is 2.74. The lowest BCUT2D eigenvalue weighted by Crippen LogP contribution is -2.21. The molecule has 2 aromatic carbocycles. The van der Waals surface area contributed by atoms with Crippen LogP contribution in [-0.4, -0.2) is 28.8 Å². The topological polar surface area (TPSA) is 119 Å². The van der Waals surface area contributed by atoms with Gasteiger partial charge in [0.15, 0.2) is 0 Å². The van der Waals surface area contributed by atoms with E-state index in [1.54, 1.807) is 24.3 Å². The van der Waals surface area contributed by atoms with Gasteiger partial charge >= 0.3 is 0 Å². The van der Waals surface area contributed by atoms with E-state index in [1.165, 1.54) is 31.4 Å². The van der Waals surface area contributed by atoms with E-state index in [2.05, 4.69) is 5.32 Å². The lowest BCUT2D eigenvalue weighted by atomic mass is 9.95. The number of hydrogen-bond acceptors (Lipinski definition) is 6. The molecule has 1 unspecified atom stereocenters. The zero-order valence-electron chi connectivity index (χ0n) is 13.6. The Hall–Kier alpha value is -3.68. The predicted octanol–water partition coefficient (Wildman–Crippen LogP) is 2.31. The average molecular weight is 354 g/mol. The number of Topliss-reactive ketones (excluding diaryl/α,β-unsaturated/α-hetero) is 1. The van der Waals surface area contributed by atoms with Crippen LogP contribution in [0.5, 0.6) is 5.75 Å². The summed E-state index contributed by atoms with van der Waals surface area (Å²) in [4.78, 5) is 34.5. The molecule has 1 aliphatic rings. The van der Waals surface area contributed by atoms with Crippen LogP contribution in [0.25, 0.3) is 5.76 Å². The second kappa shape index (κ2) is 6.67. The van der Waals surface area contributed by atoms with E-state index >= 15 is 0 Å². The molecule has 8 heteroatoms. The van der Waals surface area contributed by atoms with Crippen molar-refractivity contribution in [2.75, 3.05) is 7.11 Å². The summed E-state index contributed by atoms with van der Waals surface area (Å²) in [5.74, 6) is -1.56. The van der Waals surface area contributed by atoms with E-state index in [-0.39, 0.29) is 17.0 Å². The Morgan fingerprint density at radius 3 is 2.50 bits per heavy atom. The Morgan fingerprint density at radius 2 is 1.88 bits per heavy atom. The second-order valence-electron chi connectivity index (χ2n) is 5.58. The molecule has 1 amide bonds. The highest BCUT2D eigenvalue weighted by Gasteiger charge is 2.39. The molecular formula is C18H14N2O6. The number of carbonyl (C=O) groups excluding carboxylic acids is 2. The normalized spacial score (nSPS) is 18.4. The quantitative estimate of drug-likeness (QED) is 0.286. The minimum atomic E-state index is -0.975. The minimum Gasteiger partial charge on any atom is -0.507 e. The molecule has 3 rings (SSSR count). The summed E-state index contributed by atoms with van der Waals surface area (Å²) in [5.41, 5.74) is 0.314. The molecule has 1 atom stereocenters. The van der Waals surface area contributed by atoms with Gasteiger partial charge in [-0.3, -0.25) is 19.7 Å². The van der Waals surface area contributed by atoms with Crippen molar-refractivity contribution in [2.45, 2.75) is 6.04 Å². The van der Waals surface area contributed by atoms with Gasteiger partial charge in [0.2, 0.25) is 0 Å². The number of nitro groups is 1. The van der Waals surface area contributed by atoms with Gasteiger partial charge in [-0.25, -0.2) is 0 Å². The van der Waals surface area contributed by atoms with E-state index in [4.69, 9.17) is 4.74 Å². The molecule has 0 saturated carbocycles. The number of non-ortho nitro benzene ring substituents is 1. The van der Waals surface area contributed by atoms with Crippen molar-refractivity contribution >= 4 is 23.1 Å². The maximum absolute atomic E-state index is 12.3. The van der Waals surface area contributed by atoms with Gasteiger partial charge in [0.25, 0.3) is 17.4 Å². The van der Waals surface area contributed by atoms with Gasteiger partial charge in [0, 0.05) is 17.7 Å². The van der Waals surface area contributed by atoms with Gasteiger partial charge < -0.3 is 15.2 Å². The summed E-state index contributed by atoms with van der Waals surface area (Å²) in [7, 11) is 1.49. The van der Waals surface area contributed by atoms with Crippen LogP contribution < -0.4 is 10.1 Å². The summed E-state index contributed by atoms with van der Waals surface area (Å²) in [6.45, 7) is 0. The number of aliphatic hydroxyl groups is 1. The van der Waals surface area contributed by atoms with Gasteiger partial charge in [0.1, 0.15) is 11.5 Å². The zero-order chi connectivity index (χ0) is 18.8. The number of nitro benzene ring substituents is 1. The number of nitrogens with zero attached hydrogens (tertiary/aromatic N) is 1. The van der Waals surface area contributed by atoms with Crippen molar-refractivity contribution in [3.05, 3.63) is 75.3 Å². The molecule has 0 bridgehead atoms. The van der Waals surface area contributed by atoms with E-state index in [9.17, 15) is 24.8 Å². The van der Waals surface area contributed by atoms with Crippen LogP contribution in [0.2, 0.25) is 0 Å². The number of nitrogens with one attached hydrogen (secondary N) is 1. The Labute approximate surface area is 147 Å². The van der Waals surface area contributed by atoms with Crippen LogP contribution in [0.1, 0.15) is 17.2 Å². The summed E-state index contributed by atoms with van der Waals surface area (Å²) in [6, 6.07) is 10.9. The number of hydrogen-bond donors (Lipinski definition) is 2. The smallest absolute Gasteiger partial charge is 0.293 e. The third-order valence-corrected chi connectivity index (χ3v) is 4.05. The van der Waals surface area contributed by atoms with E-state index < -0.39 is 22.7 Å². The predicted molar refractivity (Wildman–Crippen MR) is 91.5 cm³/mol. The first-order valence-corrected chi connectivity index (χ1v) is 7.59. The van der Waals surface area contributed by atoms with Crippen molar-refractivity contribution in [1.82, 2.24) is 5.32 Å². The van der Waals surface area contributed by atoms with Crippen molar-refractivity contribution in [3.8, 4) is 5.75 Å². The molecule has 1 heterocycles. The Kier molecular flexibility index (Phi) is 4.40. The Morgan fingerprint density at radius 1 is 1.19 bits per heavy atom. The average Bonchev–Trinajstić information content (AvgIpc) is 2.96. The van der Waals surface area contributed by atoms with Crippen LogP contribution in [-0.2, 0) is 9.59 Å². The van der Waals surface area contributed by atoms with Crippen LogP contribution in [0.15, 0.2) is 54.1 Å². The van der Waals surface area contributed by atoms with Crippen LogP contribution in [0, 0.1) is 10.1 Å². The highest BCUT2D eigenvalue weighted by atomic mass is 16.6. The number of ketones is 1. The molecule has 2 N–H and O–H groups in total. The van der Waals surface area contributed by atoms with Gasteiger partial charge in [-0.05, 0) is 29.8 Å². The zero-order valence-corrected chi connectivity index (χ0v) is 13.6. The SMILES string of the molecule is COc1ccc(C(O)=C2C(=O)C(=O)NC2c2cccc([N+](=O)[O-])c2)cc1. The van der Waals surface area contributed by atoms with Crippen LogP contribution in [0.4, 0.5) is 5.69 Å². The summed E-state index contributed by atoms with van der Waals surface area (Å²) < 4.78 is 5.04. The molecule has 0 aromatic heterocycles. The molecule has 0 spiro atoms. The van der Waals surface area contributed by atoms with Crippen LogP contribution >= 0.6 is 0 Å². The second-order valence-corrected chi connectivity index (χ2v) is 5.58. The highest BCUT2D eigenvalue weighted by Crippen LogP contribution is 2.34. The number of methoxy groups -OCH3 is 1. The van der Waals surface area contributed by atoms with Crippen molar-refractivity contribution in [2.24, 2.45) is 0 Å². The number of amides is 1. The first kappa shape index (κ1) is 17.2. The minimum absolute atomic E-state index is 0.152. The van der Waals surface area contributed by atoms with E-state index in [0.29, 0.717) is 16.9 Å². The maximum Gasteiger partial charge on any atom is 0.293 e. The van der Waals surface area contributed by atoms with Crippen LogP contribution in [0.3, 0.4) is 0 Å². The summed E-state index contributed by atoms with van der Waals surface area (Å²) in [6.07, 6.45) is 0. The monoisotopic (exact) mass is 354 g/mol. The van der Waals surface area contributed by atoms with E-state index in [0.717, 1.165) is 0 Å². The lowest BCUT2D eigenvalue weighted by Gasteiger charge is -2.13. The van der Waals surface area contributed by atoms with Crippen molar-refractivity contribution in [1.29, 1.82) is 0 Å². The molecule has 0 aliphatic carbocycles. The summed E-state index contributed by atoms with van der Waals surface area (Å²) >= 11 is 0. The largest absolute Gasteiger partial charge is 0.507 e. The third kappa shape index (κ3) is 3.00. The Balaban J connectivity index is 2.09. The number of aliphatic hydroxyl groups excluding tert-OH is 1. The molecule has 2 aromatic rings. The molecule has 1 aliphatic heterocycles. The molecule has 132 valence electrons. The third-order valence-electron chi connectivity index (χ3n) is 4.05. The summed E-state index contributed by atoms with van der Waals surface area (Å²) in [5, 5.41) is 24.0. The Bertz CT molecular complexity index is 933.